The van der Waals surface area contributed by atoms with Gasteiger partial charge in [0.05, 0.1) is 23.9 Å². The molecule has 0 aliphatic heterocycles. The maximum Gasteiger partial charge on any atom is 0.275 e. The molecule has 0 aliphatic carbocycles. The van der Waals surface area contributed by atoms with Crippen molar-refractivity contribution in [1.29, 1.82) is 0 Å². The molecule has 0 bridgehead atoms. The van der Waals surface area contributed by atoms with Gasteiger partial charge in [0, 0.05) is 11.6 Å². The Morgan fingerprint density at radius 3 is 2.76 bits per heavy atom. The van der Waals surface area contributed by atoms with Crippen molar-refractivity contribution >= 4 is 28.8 Å². The number of carbonyl (C=O) groups excluding carboxylic acids is 2. The summed E-state index contributed by atoms with van der Waals surface area (Å²) in [7, 11) is 1.52. The van der Waals surface area contributed by atoms with Crippen LogP contribution in [0.1, 0.15) is 20.8 Å². The number of hydrogen-bond donors (Lipinski definition) is 2. The number of para-hydroxylation sites is 1. The zero-order valence-electron chi connectivity index (χ0n) is 13.2. The molecule has 3 aromatic rings. The highest BCUT2D eigenvalue weighted by atomic mass is 32.1. The van der Waals surface area contributed by atoms with Gasteiger partial charge in [-0.05, 0) is 24.3 Å². The number of aromatic nitrogens is 2. The van der Waals surface area contributed by atoms with Crippen molar-refractivity contribution in [2.45, 2.75) is 0 Å². The van der Waals surface area contributed by atoms with Gasteiger partial charge in [-0.2, -0.15) is 0 Å². The highest BCUT2D eigenvalue weighted by Gasteiger charge is 2.17. The van der Waals surface area contributed by atoms with E-state index in [1.54, 1.807) is 41.9 Å². The van der Waals surface area contributed by atoms with Gasteiger partial charge in [0.1, 0.15) is 10.7 Å². The number of carbonyl (C=O) groups is 2. The monoisotopic (exact) mass is 354 g/mol. The zero-order valence-corrected chi connectivity index (χ0v) is 14.0. The second-order valence-electron chi connectivity index (χ2n) is 4.96. The van der Waals surface area contributed by atoms with Crippen LogP contribution in [0.25, 0.3) is 10.6 Å². The third kappa shape index (κ3) is 3.48. The van der Waals surface area contributed by atoms with E-state index >= 15 is 0 Å². The molecule has 0 radical (unpaired) electrons. The standard InChI is InChI=1S/C17H14N4O3S/c1-24-16-11(6-4-8-19-16)17-21-13(9-25-17)15(23)20-12-7-3-2-5-10(12)14(18)22/h2-9H,1H3,(H2,18,22)(H,20,23). The number of pyridine rings is 1. The van der Waals surface area contributed by atoms with Gasteiger partial charge in [-0.15, -0.1) is 11.3 Å². The molecule has 0 fully saturated rings. The molecule has 3 rings (SSSR count). The number of primary amides is 1. The average Bonchev–Trinajstić information content (AvgIpc) is 3.12. The third-order valence-corrected chi connectivity index (χ3v) is 4.25. The summed E-state index contributed by atoms with van der Waals surface area (Å²) in [4.78, 5) is 32.3. The molecule has 0 spiro atoms. The lowest BCUT2D eigenvalue weighted by Gasteiger charge is -2.07. The SMILES string of the molecule is COc1ncccc1-c1nc(C(=O)Nc2ccccc2C(N)=O)cs1. The van der Waals surface area contributed by atoms with Gasteiger partial charge in [-0.3, -0.25) is 9.59 Å². The van der Waals surface area contributed by atoms with Gasteiger partial charge in [0.25, 0.3) is 11.8 Å². The Balaban J connectivity index is 1.86. The third-order valence-electron chi connectivity index (χ3n) is 3.37. The summed E-state index contributed by atoms with van der Waals surface area (Å²) in [6.07, 6.45) is 1.62. The number of ether oxygens (including phenoxy) is 1. The van der Waals surface area contributed by atoms with Crippen molar-refractivity contribution in [3.05, 3.63) is 59.2 Å². The summed E-state index contributed by atoms with van der Waals surface area (Å²) >= 11 is 1.30. The number of nitrogens with zero attached hydrogens (tertiary/aromatic N) is 2. The van der Waals surface area contributed by atoms with Crippen molar-refractivity contribution in [1.82, 2.24) is 9.97 Å². The number of methoxy groups -OCH3 is 1. The lowest BCUT2D eigenvalue weighted by molar-refractivity contribution is 0.100. The maximum atomic E-state index is 12.4. The minimum atomic E-state index is -0.616. The van der Waals surface area contributed by atoms with Crippen LogP contribution in [0.2, 0.25) is 0 Å². The fraction of sp³-hybridized carbons (Fsp3) is 0.0588. The van der Waals surface area contributed by atoms with Crippen LogP contribution in [0.3, 0.4) is 0 Å². The zero-order chi connectivity index (χ0) is 17.8. The predicted octanol–water partition coefficient (Wildman–Crippen LogP) is 2.56. The fourth-order valence-electron chi connectivity index (χ4n) is 2.21. The lowest BCUT2D eigenvalue weighted by Crippen LogP contribution is -2.18. The molecule has 0 unspecified atom stereocenters. The molecule has 2 heterocycles. The molecule has 0 atom stereocenters. The van der Waals surface area contributed by atoms with Gasteiger partial charge >= 0.3 is 0 Å². The smallest absolute Gasteiger partial charge is 0.275 e. The van der Waals surface area contributed by atoms with Crippen molar-refractivity contribution in [3.8, 4) is 16.5 Å². The largest absolute Gasteiger partial charge is 0.480 e. The van der Waals surface area contributed by atoms with Gasteiger partial charge < -0.3 is 15.8 Å². The molecule has 1 aromatic carbocycles. The molecular formula is C17H14N4O3S. The highest BCUT2D eigenvalue weighted by Crippen LogP contribution is 2.30. The van der Waals surface area contributed by atoms with Gasteiger partial charge in [0.15, 0.2) is 0 Å². The molecule has 0 saturated carbocycles. The molecule has 7 nitrogen and oxygen atoms in total. The summed E-state index contributed by atoms with van der Waals surface area (Å²) in [5.41, 5.74) is 6.82. The van der Waals surface area contributed by atoms with Crippen LogP contribution in [0, 0.1) is 0 Å². The van der Waals surface area contributed by atoms with Crippen molar-refractivity contribution in [2.24, 2.45) is 5.73 Å². The van der Waals surface area contributed by atoms with Gasteiger partial charge in [0.2, 0.25) is 5.88 Å². The molecule has 0 aliphatic rings. The molecule has 2 amide bonds. The molecule has 3 N–H and O–H groups in total. The first-order valence-electron chi connectivity index (χ1n) is 7.25. The van der Waals surface area contributed by atoms with Crippen molar-refractivity contribution < 1.29 is 14.3 Å². The number of benzene rings is 1. The second kappa shape index (κ2) is 7.10. The molecule has 126 valence electrons. The van der Waals surface area contributed by atoms with E-state index in [9.17, 15) is 9.59 Å². The number of amides is 2. The molecule has 0 saturated heterocycles. The quantitative estimate of drug-likeness (QED) is 0.732. The van der Waals surface area contributed by atoms with E-state index < -0.39 is 11.8 Å². The average molecular weight is 354 g/mol. The van der Waals surface area contributed by atoms with Crippen LogP contribution in [0.4, 0.5) is 5.69 Å². The number of nitrogens with one attached hydrogen (secondary N) is 1. The second-order valence-corrected chi connectivity index (χ2v) is 5.82. The first-order valence-corrected chi connectivity index (χ1v) is 8.13. The molecule has 25 heavy (non-hydrogen) atoms. The number of nitrogens with two attached hydrogens (primary N) is 1. The van der Waals surface area contributed by atoms with Crippen molar-refractivity contribution in [3.63, 3.8) is 0 Å². The van der Waals surface area contributed by atoms with E-state index in [-0.39, 0.29) is 11.3 Å². The normalized spacial score (nSPS) is 10.3. The number of anilines is 1. The minimum absolute atomic E-state index is 0.227. The Hall–Kier alpha value is -3.26. The van der Waals surface area contributed by atoms with Crippen LogP contribution in [-0.2, 0) is 0 Å². The van der Waals surface area contributed by atoms with Crippen LogP contribution in [-0.4, -0.2) is 28.9 Å². The minimum Gasteiger partial charge on any atom is -0.480 e. The molecule has 8 heteroatoms. The number of rotatable bonds is 5. The summed E-state index contributed by atoms with van der Waals surface area (Å²) in [6, 6.07) is 10.1. The van der Waals surface area contributed by atoms with E-state index in [1.807, 2.05) is 6.07 Å². The van der Waals surface area contributed by atoms with E-state index in [1.165, 1.54) is 18.4 Å². The fourth-order valence-corrected chi connectivity index (χ4v) is 3.03. The van der Waals surface area contributed by atoms with E-state index in [2.05, 4.69) is 15.3 Å². The summed E-state index contributed by atoms with van der Waals surface area (Å²) in [6.45, 7) is 0. The summed E-state index contributed by atoms with van der Waals surface area (Å²) < 4.78 is 5.21. The van der Waals surface area contributed by atoms with Gasteiger partial charge in [-0.25, -0.2) is 9.97 Å². The maximum absolute atomic E-state index is 12.4. The Kier molecular flexibility index (Phi) is 4.71. The summed E-state index contributed by atoms with van der Waals surface area (Å²) in [5.74, 6) is -0.614. The van der Waals surface area contributed by atoms with Crippen LogP contribution in [0.5, 0.6) is 5.88 Å². The molecule has 2 aromatic heterocycles. The first kappa shape index (κ1) is 16.6. The highest BCUT2D eigenvalue weighted by molar-refractivity contribution is 7.13. The number of hydrogen-bond acceptors (Lipinski definition) is 6. The van der Waals surface area contributed by atoms with Crippen LogP contribution >= 0.6 is 11.3 Å². The van der Waals surface area contributed by atoms with E-state index in [0.29, 0.717) is 22.1 Å². The first-order chi connectivity index (χ1) is 12.1. The van der Waals surface area contributed by atoms with Crippen LogP contribution < -0.4 is 15.8 Å². The van der Waals surface area contributed by atoms with Crippen LogP contribution in [0.15, 0.2) is 48.0 Å². The Labute approximate surface area is 147 Å². The topological polar surface area (TPSA) is 107 Å². The lowest BCUT2D eigenvalue weighted by atomic mass is 10.1. The van der Waals surface area contributed by atoms with Gasteiger partial charge in [-0.1, -0.05) is 12.1 Å². The predicted molar refractivity (Wildman–Crippen MR) is 94.8 cm³/mol. The van der Waals surface area contributed by atoms with E-state index in [0.717, 1.165) is 0 Å². The summed E-state index contributed by atoms with van der Waals surface area (Å²) in [5, 5.41) is 4.90. The molecular weight excluding hydrogens is 340 g/mol. The number of thiazole rings is 1. The Morgan fingerprint density at radius 1 is 1.20 bits per heavy atom. The van der Waals surface area contributed by atoms with Crippen molar-refractivity contribution in [2.75, 3.05) is 12.4 Å². The van der Waals surface area contributed by atoms with E-state index in [4.69, 9.17) is 10.5 Å². The Morgan fingerprint density at radius 2 is 2.00 bits per heavy atom. The Bertz CT molecular complexity index is 939.